The van der Waals surface area contributed by atoms with Crippen LogP contribution in [-0.4, -0.2) is 6.10 Å². The lowest BCUT2D eigenvalue weighted by molar-refractivity contribution is -0.139. The van der Waals surface area contributed by atoms with E-state index in [1.165, 1.54) is 12.1 Å². The van der Waals surface area contributed by atoms with E-state index in [9.17, 15) is 13.2 Å². The highest BCUT2D eigenvalue weighted by molar-refractivity contribution is 9.08. The summed E-state index contributed by atoms with van der Waals surface area (Å²) >= 11 is 3.19. The molecule has 1 aliphatic rings. The normalized spacial score (nSPS) is 23.1. The van der Waals surface area contributed by atoms with Crippen LogP contribution in [0.1, 0.15) is 50.2 Å². The van der Waals surface area contributed by atoms with Crippen molar-refractivity contribution in [2.75, 3.05) is 0 Å². The van der Waals surface area contributed by atoms with Crippen molar-refractivity contribution in [3.05, 3.63) is 29.3 Å². The van der Waals surface area contributed by atoms with Crippen LogP contribution in [-0.2, 0) is 11.5 Å². The van der Waals surface area contributed by atoms with E-state index in [-0.39, 0.29) is 11.9 Å². The summed E-state index contributed by atoms with van der Waals surface area (Å²) in [7, 11) is 0. The average Bonchev–Trinajstić information content (AvgIpc) is 2.46. The second-order valence-corrected chi connectivity index (χ2v) is 6.20. The van der Waals surface area contributed by atoms with Crippen LogP contribution in [0, 0.1) is 5.92 Å². The smallest absolute Gasteiger partial charge is 0.419 e. The van der Waals surface area contributed by atoms with Gasteiger partial charge in [0.1, 0.15) is 5.75 Å². The standard InChI is InChI=1S/C16H20BrF3O/c1-2-11-4-3-5-13(8-11)21-15-7-6-12(10-17)9-14(15)16(18,19)20/h6-7,9,11,13H,2-5,8,10H2,1H3. The van der Waals surface area contributed by atoms with Crippen LogP contribution in [0.25, 0.3) is 0 Å². The summed E-state index contributed by atoms with van der Waals surface area (Å²) in [6, 6.07) is 4.30. The SMILES string of the molecule is CCC1CCCC(Oc2ccc(CBr)cc2C(F)(F)F)C1. The maximum absolute atomic E-state index is 13.2. The predicted octanol–water partition coefficient (Wildman–Crippen LogP) is 5.95. The molecule has 21 heavy (non-hydrogen) atoms. The molecule has 0 radical (unpaired) electrons. The van der Waals surface area contributed by atoms with Crippen molar-refractivity contribution in [2.45, 2.75) is 56.6 Å². The van der Waals surface area contributed by atoms with Crippen LogP contribution in [0.2, 0.25) is 0 Å². The summed E-state index contributed by atoms with van der Waals surface area (Å²) in [4.78, 5) is 0. The van der Waals surface area contributed by atoms with Crippen molar-refractivity contribution in [3.63, 3.8) is 0 Å². The molecule has 5 heteroatoms. The van der Waals surface area contributed by atoms with E-state index >= 15 is 0 Å². The first-order valence-corrected chi connectivity index (χ1v) is 8.49. The molecule has 0 saturated heterocycles. The average molecular weight is 365 g/mol. The summed E-state index contributed by atoms with van der Waals surface area (Å²) in [6.45, 7) is 2.12. The van der Waals surface area contributed by atoms with Gasteiger partial charge in [-0.2, -0.15) is 13.2 Å². The van der Waals surface area contributed by atoms with E-state index in [0.29, 0.717) is 16.8 Å². The summed E-state index contributed by atoms with van der Waals surface area (Å²) in [5, 5.41) is 0.400. The Labute approximate surface area is 132 Å². The minimum absolute atomic E-state index is 0.0334. The number of rotatable bonds is 4. The molecule has 1 nitrogen and oxygen atoms in total. The minimum atomic E-state index is -4.38. The zero-order valence-corrected chi connectivity index (χ0v) is 13.6. The minimum Gasteiger partial charge on any atom is -0.490 e. The maximum atomic E-state index is 13.2. The van der Waals surface area contributed by atoms with Gasteiger partial charge in [-0.3, -0.25) is 0 Å². The second kappa shape index (κ2) is 7.03. The van der Waals surface area contributed by atoms with Gasteiger partial charge in [-0.05, 0) is 42.9 Å². The third kappa shape index (κ3) is 4.38. The first kappa shape index (κ1) is 16.7. The highest BCUT2D eigenvalue weighted by Gasteiger charge is 2.35. The van der Waals surface area contributed by atoms with Gasteiger partial charge in [0.2, 0.25) is 0 Å². The van der Waals surface area contributed by atoms with Gasteiger partial charge >= 0.3 is 6.18 Å². The third-order valence-corrected chi connectivity index (χ3v) is 4.76. The van der Waals surface area contributed by atoms with Gasteiger partial charge in [0, 0.05) is 5.33 Å². The van der Waals surface area contributed by atoms with Crippen LogP contribution >= 0.6 is 15.9 Å². The lowest BCUT2D eigenvalue weighted by Crippen LogP contribution is -2.26. The Morgan fingerprint density at radius 1 is 1.29 bits per heavy atom. The van der Waals surface area contributed by atoms with E-state index in [4.69, 9.17) is 4.74 Å². The van der Waals surface area contributed by atoms with Crippen molar-refractivity contribution >= 4 is 15.9 Å². The van der Waals surface area contributed by atoms with E-state index < -0.39 is 11.7 Å². The van der Waals surface area contributed by atoms with Gasteiger partial charge in [0.05, 0.1) is 11.7 Å². The predicted molar refractivity (Wildman–Crippen MR) is 80.7 cm³/mol. The summed E-state index contributed by atoms with van der Waals surface area (Å²) in [6.07, 6.45) is 0.470. The number of benzene rings is 1. The molecule has 0 amide bonds. The Morgan fingerprint density at radius 2 is 2.05 bits per heavy atom. The highest BCUT2D eigenvalue weighted by atomic mass is 79.9. The lowest BCUT2D eigenvalue weighted by atomic mass is 9.85. The van der Waals surface area contributed by atoms with Crippen LogP contribution in [0.4, 0.5) is 13.2 Å². The van der Waals surface area contributed by atoms with Crippen molar-refractivity contribution in [1.82, 2.24) is 0 Å². The first-order valence-electron chi connectivity index (χ1n) is 7.36. The fourth-order valence-electron chi connectivity index (χ4n) is 2.88. The fourth-order valence-corrected chi connectivity index (χ4v) is 3.23. The molecule has 1 saturated carbocycles. The van der Waals surface area contributed by atoms with Crippen LogP contribution in [0.15, 0.2) is 18.2 Å². The molecule has 2 rings (SSSR count). The number of hydrogen-bond acceptors (Lipinski definition) is 1. The Kier molecular flexibility index (Phi) is 5.58. The Hall–Kier alpha value is -0.710. The third-order valence-electron chi connectivity index (χ3n) is 4.11. The van der Waals surface area contributed by atoms with Gasteiger partial charge < -0.3 is 4.74 Å². The fraction of sp³-hybridized carbons (Fsp3) is 0.625. The number of ether oxygens (including phenoxy) is 1. The zero-order chi connectivity index (χ0) is 15.5. The quantitative estimate of drug-likeness (QED) is 0.600. The molecule has 0 aliphatic heterocycles. The number of alkyl halides is 4. The molecule has 1 fully saturated rings. The Balaban J connectivity index is 2.19. The van der Waals surface area contributed by atoms with E-state index in [2.05, 4.69) is 22.9 Å². The summed E-state index contributed by atoms with van der Waals surface area (Å²) in [5.74, 6) is 0.536. The molecular formula is C16H20BrF3O. The van der Waals surface area contributed by atoms with Gasteiger partial charge in [-0.25, -0.2) is 0 Å². The number of hydrogen-bond donors (Lipinski definition) is 0. The maximum Gasteiger partial charge on any atom is 0.419 e. The molecule has 2 atom stereocenters. The summed E-state index contributed by atoms with van der Waals surface area (Å²) < 4.78 is 45.2. The second-order valence-electron chi connectivity index (χ2n) is 5.64. The van der Waals surface area contributed by atoms with Crippen LogP contribution < -0.4 is 4.74 Å². The number of halogens is 4. The summed E-state index contributed by atoms with van der Waals surface area (Å²) in [5.41, 5.74) is -0.0668. The van der Waals surface area contributed by atoms with E-state index in [1.54, 1.807) is 6.07 Å². The Bertz CT molecular complexity index is 473. The van der Waals surface area contributed by atoms with Gasteiger partial charge in [0.15, 0.2) is 0 Å². The van der Waals surface area contributed by atoms with Gasteiger partial charge in [-0.15, -0.1) is 0 Å². The molecule has 1 aliphatic carbocycles. The molecule has 2 unspecified atom stereocenters. The van der Waals surface area contributed by atoms with Crippen molar-refractivity contribution < 1.29 is 17.9 Å². The van der Waals surface area contributed by atoms with E-state index in [1.807, 2.05) is 0 Å². The van der Waals surface area contributed by atoms with Crippen molar-refractivity contribution in [3.8, 4) is 5.75 Å². The molecule has 1 aromatic rings. The molecule has 0 N–H and O–H groups in total. The van der Waals surface area contributed by atoms with Crippen molar-refractivity contribution in [2.24, 2.45) is 5.92 Å². The molecule has 0 spiro atoms. The van der Waals surface area contributed by atoms with Crippen molar-refractivity contribution in [1.29, 1.82) is 0 Å². The molecule has 0 bridgehead atoms. The zero-order valence-electron chi connectivity index (χ0n) is 12.0. The van der Waals surface area contributed by atoms with Gasteiger partial charge in [-0.1, -0.05) is 41.8 Å². The first-order chi connectivity index (χ1) is 9.94. The van der Waals surface area contributed by atoms with Crippen LogP contribution in [0.5, 0.6) is 5.75 Å². The Morgan fingerprint density at radius 3 is 2.67 bits per heavy atom. The van der Waals surface area contributed by atoms with Gasteiger partial charge in [0.25, 0.3) is 0 Å². The molecule has 0 aromatic heterocycles. The molecule has 0 heterocycles. The molecular weight excluding hydrogens is 345 g/mol. The topological polar surface area (TPSA) is 9.23 Å². The highest BCUT2D eigenvalue weighted by Crippen LogP contribution is 2.39. The molecule has 118 valence electrons. The largest absolute Gasteiger partial charge is 0.490 e. The van der Waals surface area contributed by atoms with Crippen LogP contribution in [0.3, 0.4) is 0 Å². The monoisotopic (exact) mass is 364 g/mol. The lowest BCUT2D eigenvalue weighted by Gasteiger charge is -2.30. The van der Waals surface area contributed by atoms with E-state index in [0.717, 1.165) is 32.1 Å². The molecule has 1 aromatic carbocycles.